The summed E-state index contributed by atoms with van der Waals surface area (Å²) in [5, 5.41) is 0.847. The molecule has 2 N–H and O–H groups in total. The van der Waals surface area contributed by atoms with E-state index in [1.54, 1.807) is 35.2 Å². The average molecular weight is 323 g/mol. The van der Waals surface area contributed by atoms with Gasteiger partial charge >= 0.3 is 0 Å². The predicted molar refractivity (Wildman–Crippen MR) is 89.3 cm³/mol. The van der Waals surface area contributed by atoms with Crippen LogP contribution < -0.4 is 10.6 Å². The number of hydrogen-bond acceptors (Lipinski definition) is 2. The van der Waals surface area contributed by atoms with Gasteiger partial charge in [-0.05, 0) is 42.8 Å². The summed E-state index contributed by atoms with van der Waals surface area (Å²) < 4.78 is 0. The number of nitrogens with two attached hydrogens (primary N) is 1. The molecule has 0 spiro atoms. The molecule has 110 valence electrons. The molecule has 0 fully saturated rings. The van der Waals surface area contributed by atoms with Crippen LogP contribution in [0.2, 0.25) is 10.0 Å². The van der Waals surface area contributed by atoms with Crippen LogP contribution >= 0.6 is 23.2 Å². The van der Waals surface area contributed by atoms with Crippen LogP contribution in [0.15, 0.2) is 42.5 Å². The Balaban J connectivity index is 2.40. The molecule has 0 saturated heterocycles. The summed E-state index contributed by atoms with van der Waals surface area (Å²) in [6.45, 7) is 2.59. The standard InChI is InChI=1S/C16H16Cl2N2O/c1-2-8-20(13-5-3-4-12(19)10-13)16(21)14-7-6-11(17)9-15(14)18/h3-7,9-10H,2,8,19H2,1H3. The van der Waals surface area contributed by atoms with E-state index >= 15 is 0 Å². The zero-order valence-corrected chi connectivity index (χ0v) is 13.2. The normalized spacial score (nSPS) is 10.4. The number of halogens is 2. The second-order valence-corrected chi connectivity index (χ2v) is 5.52. The Bertz CT molecular complexity index is 658. The van der Waals surface area contributed by atoms with Gasteiger partial charge in [0.05, 0.1) is 10.6 Å². The maximum Gasteiger partial charge on any atom is 0.259 e. The van der Waals surface area contributed by atoms with E-state index in [2.05, 4.69) is 0 Å². The van der Waals surface area contributed by atoms with E-state index in [0.29, 0.717) is 27.8 Å². The van der Waals surface area contributed by atoms with Crippen molar-refractivity contribution >= 4 is 40.5 Å². The summed E-state index contributed by atoms with van der Waals surface area (Å²) in [4.78, 5) is 14.4. The van der Waals surface area contributed by atoms with E-state index in [9.17, 15) is 4.79 Å². The molecule has 0 aliphatic carbocycles. The number of anilines is 2. The number of rotatable bonds is 4. The van der Waals surface area contributed by atoms with Crippen LogP contribution in [0.25, 0.3) is 0 Å². The molecule has 0 saturated carbocycles. The summed E-state index contributed by atoms with van der Waals surface area (Å²) in [6.07, 6.45) is 0.825. The maximum absolute atomic E-state index is 12.7. The van der Waals surface area contributed by atoms with E-state index in [0.717, 1.165) is 12.1 Å². The van der Waals surface area contributed by atoms with Gasteiger partial charge in [-0.15, -0.1) is 0 Å². The van der Waals surface area contributed by atoms with Crippen LogP contribution in [0.4, 0.5) is 11.4 Å². The van der Waals surface area contributed by atoms with Gasteiger partial charge in [0.1, 0.15) is 0 Å². The van der Waals surface area contributed by atoms with Crippen molar-refractivity contribution < 1.29 is 4.79 Å². The van der Waals surface area contributed by atoms with Crippen molar-refractivity contribution in [2.45, 2.75) is 13.3 Å². The Hall–Kier alpha value is -1.71. The van der Waals surface area contributed by atoms with E-state index < -0.39 is 0 Å². The van der Waals surface area contributed by atoms with Crippen molar-refractivity contribution in [3.8, 4) is 0 Å². The molecule has 0 heterocycles. The summed E-state index contributed by atoms with van der Waals surface area (Å²) in [6, 6.07) is 12.1. The van der Waals surface area contributed by atoms with Gasteiger partial charge in [0.15, 0.2) is 0 Å². The maximum atomic E-state index is 12.7. The molecule has 2 aromatic carbocycles. The monoisotopic (exact) mass is 322 g/mol. The quantitative estimate of drug-likeness (QED) is 0.834. The number of nitrogens with zero attached hydrogens (tertiary/aromatic N) is 1. The highest BCUT2D eigenvalue weighted by atomic mass is 35.5. The van der Waals surface area contributed by atoms with Gasteiger partial charge in [-0.2, -0.15) is 0 Å². The molecule has 1 amide bonds. The van der Waals surface area contributed by atoms with Crippen molar-refractivity contribution in [2.75, 3.05) is 17.2 Å². The molecule has 0 aromatic heterocycles. The molecule has 0 unspecified atom stereocenters. The Morgan fingerprint density at radius 1 is 1.19 bits per heavy atom. The molecule has 3 nitrogen and oxygen atoms in total. The number of nitrogen functional groups attached to an aromatic ring is 1. The molecule has 0 radical (unpaired) electrons. The van der Waals surface area contributed by atoms with Crippen LogP contribution in [-0.4, -0.2) is 12.5 Å². The van der Waals surface area contributed by atoms with Gasteiger partial charge in [-0.25, -0.2) is 0 Å². The topological polar surface area (TPSA) is 46.3 Å². The third-order valence-corrected chi connectivity index (χ3v) is 3.58. The molecule has 2 rings (SSSR count). The first-order valence-corrected chi connectivity index (χ1v) is 7.41. The fraction of sp³-hybridized carbons (Fsp3) is 0.188. The summed E-state index contributed by atoms with van der Waals surface area (Å²) in [7, 11) is 0. The average Bonchev–Trinajstić information content (AvgIpc) is 2.44. The van der Waals surface area contributed by atoms with Crippen molar-refractivity contribution in [1.29, 1.82) is 0 Å². The molecule has 0 atom stereocenters. The Labute approximate surface area is 134 Å². The number of carbonyl (C=O) groups is 1. The Morgan fingerprint density at radius 2 is 1.95 bits per heavy atom. The van der Waals surface area contributed by atoms with Crippen molar-refractivity contribution in [3.05, 3.63) is 58.1 Å². The first-order chi connectivity index (χ1) is 10.0. The zero-order chi connectivity index (χ0) is 15.4. The molecular formula is C16H16Cl2N2O. The highest BCUT2D eigenvalue weighted by Crippen LogP contribution is 2.25. The molecule has 0 aliphatic heterocycles. The van der Waals surface area contributed by atoms with Crippen LogP contribution in [0.3, 0.4) is 0 Å². The van der Waals surface area contributed by atoms with Gasteiger partial charge in [0.25, 0.3) is 5.91 Å². The highest BCUT2D eigenvalue weighted by molar-refractivity contribution is 6.37. The summed E-state index contributed by atoms with van der Waals surface area (Å²) >= 11 is 12.0. The van der Waals surface area contributed by atoms with Gasteiger partial charge in [-0.1, -0.05) is 36.2 Å². The third-order valence-electron chi connectivity index (χ3n) is 3.04. The Morgan fingerprint density at radius 3 is 2.57 bits per heavy atom. The number of amides is 1. The van der Waals surface area contributed by atoms with Gasteiger partial charge in [0, 0.05) is 22.9 Å². The van der Waals surface area contributed by atoms with Gasteiger partial charge in [-0.3, -0.25) is 4.79 Å². The van der Waals surface area contributed by atoms with Crippen molar-refractivity contribution in [1.82, 2.24) is 0 Å². The second kappa shape index (κ2) is 6.83. The van der Waals surface area contributed by atoms with E-state index in [1.165, 1.54) is 0 Å². The lowest BCUT2D eigenvalue weighted by Crippen LogP contribution is -2.31. The van der Waals surface area contributed by atoms with E-state index in [1.807, 2.05) is 19.1 Å². The molecule has 0 aliphatic rings. The second-order valence-electron chi connectivity index (χ2n) is 4.68. The minimum Gasteiger partial charge on any atom is -0.399 e. The predicted octanol–water partition coefficient (Wildman–Crippen LogP) is 4.63. The van der Waals surface area contributed by atoms with Crippen molar-refractivity contribution in [2.24, 2.45) is 0 Å². The molecule has 0 bridgehead atoms. The van der Waals surface area contributed by atoms with Crippen LogP contribution in [-0.2, 0) is 0 Å². The largest absolute Gasteiger partial charge is 0.399 e. The van der Waals surface area contributed by atoms with Crippen LogP contribution in [0.5, 0.6) is 0 Å². The SMILES string of the molecule is CCCN(C(=O)c1ccc(Cl)cc1Cl)c1cccc(N)c1. The van der Waals surface area contributed by atoms with Crippen molar-refractivity contribution in [3.63, 3.8) is 0 Å². The molecule has 2 aromatic rings. The lowest BCUT2D eigenvalue weighted by Gasteiger charge is -2.23. The van der Waals surface area contributed by atoms with Gasteiger partial charge < -0.3 is 10.6 Å². The third kappa shape index (κ3) is 3.69. The first-order valence-electron chi connectivity index (χ1n) is 6.65. The summed E-state index contributed by atoms with van der Waals surface area (Å²) in [5.74, 6) is -0.163. The van der Waals surface area contributed by atoms with E-state index in [4.69, 9.17) is 28.9 Å². The number of benzene rings is 2. The Kier molecular flexibility index (Phi) is 5.10. The number of hydrogen-bond donors (Lipinski definition) is 1. The lowest BCUT2D eigenvalue weighted by molar-refractivity contribution is 0.0987. The number of carbonyl (C=O) groups excluding carboxylic acids is 1. The van der Waals surface area contributed by atoms with E-state index in [-0.39, 0.29) is 5.91 Å². The smallest absolute Gasteiger partial charge is 0.259 e. The highest BCUT2D eigenvalue weighted by Gasteiger charge is 2.19. The summed E-state index contributed by atoms with van der Waals surface area (Å²) in [5.41, 5.74) is 7.60. The molecule has 21 heavy (non-hydrogen) atoms. The molecule has 5 heteroatoms. The first kappa shape index (κ1) is 15.7. The minimum absolute atomic E-state index is 0.163. The van der Waals surface area contributed by atoms with Crippen LogP contribution in [0.1, 0.15) is 23.7 Å². The molecular weight excluding hydrogens is 307 g/mol. The lowest BCUT2D eigenvalue weighted by atomic mass is 10.1. The van der Waals surface area contributed by atoms with Gasteiger partial charge in [0.2, 0.25) is 0 Å². The van der Waals surface area contributed by atoms with Crippen LogP contribution in [0, 0.1) is 0 Å². The fourth-order valence-electron chi connectivity index (χ4n) is 2.07. The minimum atomic E-state index is -0.163. The zero-order valence-electron chi connectivity index (χ0n) is 11.6. The fourth-order valence-corrected chi connectivity index (χ4v) is 2.56.